The quantitative estimate of drug-likeness (QED) is 0.776. The Balaban J connectivity index is 1.57. The highest BCUT2D eigenvalue weighted by atomic mass is 32.2. The van der Waals surface area contributed by atoms with Gasteiger partial charge in [0.2, 0.25) is 6.41 Å². The van der Waals surface area contributed by atoms with Gasteiger partial charge >= 0.3 is 0 Å². The van der Waals surface area contributed by atoms with Gasteiger partial charge in [0, 0.05) is 55.6 Å². The molecule has 1 aromatic carbocycles. The predicted octanol–water partition coefficient (Wildman–Crippen LogP) is 2.93. The van der Waals surface area contributed by atoms with Crippen LogP contribution in [0.25, 0.3) is 0 Å². The van der Waals surface area contributed by atoms with Gasteiger partial charge in [0.15, 0.2) is 0 Å². The Bertz CT molecular complexity index is 612. The molecule has 136 valence electrons. The van der Waals surface area contributed by atoms with Crippen molar-refractivity contribution < 1.29 is 4.79 Å². The molecule has 0 radical (unpaired) electrons. The molecule has 5 rings (SSSR count). The molecule has 5 heteroatoms. The number of carbonyl (C=O) groups excluding carboxylic acids is 1. The number of anilines is 2. The van der Waals surface area contributed by atoms with Gasteiger partial charge in [0.05, 0.1) is 6.04 Å². The predicted molar refractivity (Wildman–Crippen MR) is 107 cm³/mol. The summed E-state index contributed by atoms with van der Waals surface area (Å²) in [5, 5.41) is 0. The summed E-state index contributed by atoms with van der Waals surface area (Å²) in [7, 11) is 0. The SMILES string of the molecule is CC1(C)CC2CN(C=O)CC1N(c1ccc(N3CCSCC3)cc1)C2. The Kier molecular flexibility index (Phi) is 4.61. The topological polar surface area (TPSA) is 26.8 Å². The number of rotatable bonds is 3. The molecule has 4 aliphatic heterocycles. The Morgan fingerprint density at radius 1 is 1.04 bits per heavy atom. The number of nitrogens with zero attached hydrogens (tertiary/aromatic N) is 3. The maximum atomic E-state index is 11.4. The van der Waals surface area contributed by atoms with Gasteiger partial charge in [-0.2, -0.15) is 11.8 Å². The first-order valence-corrected chi connectivity index (χ1v) is 10.6. The van der Waals surface area contributed by atoms with Crippen molar-refractivity contribution in [2.24, 2.45) is 11.3 Å². The van der Waals surface area contributed by atoms with Gasteiger partial charge < -0.3 is 14.7 Å². The third kappa shape index (κ3) is 3.35. The summed E-state index contributed by atoms with van der Waals surface area (Å²) in [6.07, 6.45) is 2.25. The minimum absolute atomic E-state index is 0.240. The minimum Gasteiger partial charge on any atom is -0.370 e. The number of benzene rings is 1. The van der Waals surface area contributed by atoms with E-state index in [1.165, 1.54) is 29.3 Å². The number of hydrogen-bond acceptors (Lipinski definition) is 4. The molecule has 25 heavy (non-hydrogen) atoms. The molecule has 4 fully saturated rings. The highest BCUT2D eigenvalue weighted by Crippen LogP contribution is 2.43. The number of hydrogen-bond donors (Lipinski definition) is 0. The fraction of sp³-hybridized carbons (Fsp3) is 0.650. The van der Waals surface area contributed by atoms with Crippen LogP contribution in [0.1, 0.15) is 20.3 Å². The van der Waals surface area contributed by atoms with Crippen molar-refractivity contribution in [2.75, 3.05) is 54.0 Å². The molecule has 4 aliphatic rings. The van der Waals surface area contributed by atoms with Crippen LogP contribution in [0.5, 0.6) is 0 Å². The highest BCUT2D eigenvalue weighted by Gasteiger charge is 2.45. The van der Waals surface area contributed by atoms with Gasteiger partial charge in [-0.25, -0.2) is 0 Å². The average Bonchev–Trinajstić information content (AvgIpc) is 2.89. The zero-order valence-electron chi connectivity index (χ0n) is 15.4. The first-order chi connectivity index (χ1) is 12.1. The average molecular weight is 360 g/mol. The van der Waals surface area contributed by atoms with E-state index in [0.29, 0.717) is 12.0 Å². The number of piperidine rings is 1. The molecule has 4 heterocycles. The van der Waals surface area contributed by atoms with E-state index >= 15 is 0 Å². The van der Waals surface area contributed by atoms with Crippen LogP contribution in [0, 0.1) is 11.3 Å². The summed E-state index contributed by atoms with van der Waals surface area (Å²) >= 11 is 2.05. The molecule has 2 bridgehead atoms. The van der Waals surface area contributed by atoms with Crippen molar-refractivity contribution in [2.45, 2.75) is 26.3 Å². The second-order valence-corrected chi connectivity index (χ2v) is 9.63. The van der Waals surface area contributed by atoms with Gasteiger partial charge in [-0.1, -0.05) is 13.8 Å². The summed E-state index contributed by atoms with van der Waals surface area (Å²) in [6, 6.07) is 9.55. The van der Waals surface area contributed by atoms with Gasteiger partial charge in [-0.05, 0) is 42.0 Å². The van der Waals surface area contributed by atoms with E-state index in [9.17, 15) is 4.79 Å². The summed E-state index contributed by atoms with van der Waals surface area (Å²) in [5.41, 5.74) is 2.90. The van der Waals surface area contributed by atoms with Crippen LogP contribution < -0.4 is 9.80 Å². The first-order valence-electron chi connectivity index (χ1n) is 9.45. The Labute approximate surface area is 155 Å². The van der Waals surface area contributed by atoms with Crippen LogP contribution in [0.3, 0.4) is 0 Å². The van der Waals surface area contributed by atoms with Crippen molar-refractivity contribution in [1.29, 1.82) is 0 Å². The fourth-order valence-electron chi connectivity index (χ4n) is 4.92. The molecule has 4 nitrogen and oxygen atoms in total. The molecule has 1 amide bonds. The smallest absolute Gasteiger partial charge is 0.209 e. The van der Waals surface area contributed by atoms with Crippen LogP contribution in [0.15, 0.2) is 24.3 Å². The molecular weight excluding hydrogens is 330 g/mol. The summed E-state index contributed by atoms with van der Waals surface area (Å²) in [5.74, 6) is 3.03. The molecule has 0 spiro atoms. The summed E-state index contributed by atoms with van der Waals surface area (Å²) < 4.78 is 0. The standard InChI is InChI=1S/C20H29N3OS/c1-20(2)11-16-12-21(15-24)14-19(20)23(13-16)18-5-3-17(4-6-18)22-7-9-25-10-8-22/h3-6,15-16,19H,7-14H2,1-2H3. The van der Waals surface area contributed by atoms with Crippen molar-refractivity contribution in [3.05, 3.63) is 24.3 Å². The van der Waals surface area contributed by atoms with Gasteiger partial charge in [0.1, 0.15) is 0 Å². The fourth-order valence-corrected chi connectivity index (χ4v) is 5.82. The first kappa shape index (κ1) is 17.1. The second-order valence-electron chi connectivity index (χ2n) is 8.40. The zero-order valence-corrected chi connectivity index (χ0v) is 16.2. The van der Waals surface area contributed by atoms with E-state index in [1.807, 2.05) is 16.7 Å². The lowest BCUT2D eigenvalue weighted by Gasteiger charge is -2.48. The minimum atomic E-state index is 0.240. The normalized spacial score (nSPS) is 28.8. The lowest BCUT2D eigenvalue weighted by Crippen LogP contribution is -2.53. The summed E-state index contributed by atoms with van der Waals surface area (Å²) in [6.45, 7) is 9.86. The van der Waals surface area contributed by atoms with E-state index in [0.717, 1.165) is 39.1 Å². The van der Waals surface area contributed by atoms with Crippen LogP contribution in [0.4, 0.5) is 11.4 Å². The van der Waals surface area contributed by atoms with E-state index in [2.05, 4.69) is 47.9 Å². The maximum absolute atomic E-state index is 11.4. The molecule has 2 unspecified atom stereocenters. The molecular formula is C20H29N3OS. The number of fused-ring (bicyclic) bond motifs is 4. The Morgan fingerprint density at radius 2 is 1.72 bits per heavy atom. The van der Waals surface area contributed by atoms with Crippen LogP contribution in [-0.4, -0.2) is 61.6 Å². The van der Waals surface area contributed by atoms with Crippen molar-refractivity contribution in [3.8, 4) is 0 Å². The van der Waals surface area contributed by atoms with Crippen molar-refractivity contribution >= 4 is 29.5 Å². The van der Waals surface area contributed by atoms with Gasteiger partial charge in [-0.15, -0.1) is 0 Å². The molecule has 0 aliphatic carbocycles. The number of carbonyl (C=O) groups is 1. The lowest BCUT2D eigenvalue weighted by atomic mass is 9.73. The van der Waals surface area contributed by atoms with Gasteiger partial charge in [-0.3, -0.25) is 4.79 Å². The second kappa shape index (κ2) is 6.75. The van der Waals surface area contributed by atoms with Crippen LogP contribution in [-0.2, 0) is 4.79 Å². The third-order valence-corrected chi connectivity index (χ3v) is 7.10. The molecule has 4 saturated heterocycles. The largest absolute Gasteiger partial charge is 0.370 e. The van der Waals surface area contributed by atoms with E-state index < -0.39 is 0 Å². The lowest BCUT2D eigenvalue weighted by molar-refractivity contribution is -0.118. The van der Waals surface area contributed by atoms with Crippen molar-refractivity contribution in [3.63, 3.8) is 0 Å². The zero-order chi connectivity index (χ0) is 17.4. The molecule has 0 saturated carbocycles. The summed E-state index contributed by atoms with van der Waals surface area (Å²) in [4.78, 5) is 18.5. The van der Waals surface area contributed by atoms with Crippen molar-refractivity contribution in [1.82, 2.24) is 4.90 Å². The Hall–Kier alpha value is -1.36. The number of thioether (sulfide) groups is 1. The van der Waals surface area contributed by atoms with E-state index in [1.54, 1.807) is 0 Å². The van der Waals surface area contributed by atoms with E-state index in [-0.39, 0.29) is 5.41 Å². The molecule has 0 aromatic heterocycles. The molecule has 2 atom stereocenters. The van der Waals surface area contributed by atoms with Crippen LogP contribution in [0.2, 0.25) is 0 Å². The number of amides is 1. The third-order valence-electron chi connectivity index (χ3n) is 6.15. The monoisotopic (exact) mass is 359 g/mol. The molecule has 0 N–H and O–H groups in total. The van der Waals surface area contributed by atoms with E-state index in [4.69, 9.17) is 0 Å². The van der Waals surface area contributed by atoms with Crippen LogP contribution >= 0.6 is 11.8 Å². The van der Waals surface area contributed by atoms with Gasteiger partial charge in [0.25, 0.3) is 0 Å². The molecule has 1 aromatic rings. The Morgan fingerprint density at radius 3 is 2.40 bits per heavy atom. The maximum Gasteiger partial charge on any atom is 0.209 e. The highest BCUT2D eigenvalue weighted by molar-refractivity contribution is 7.99.